The Hall–Kier alpha value is -2.19. The molecule has 0 saturated heterocycles. The number of nitrogens with zero attached hydrogens (tertiary/aromatic N) is 4. The second-order valence-electron chi connectivity index (χ2n) is 3.59. The Morgan fingerprint density at radius 3 is 2.94 bits per heavy atom. The lowest BCUT2D eigenvalue weighted by Gasteiger charge is -1.98. The van der Waals surface area contributed by atoms with Crippen molar-refractivity contribution in [3.63, 3.8) is 0 Å². The van der Waals surface area contributed by atoms with Gasteiger partial charge in [-0.1, -0.05) is 6.07 Å². The largest absolute Gasteiger partial charge is 0.268 e. The fraction of sp³-hybridized carbons (Fsp3) is 0.0833. The predicted octanol–water partition coefficient (Wildman–Crippen LogP) is 3.25. The minimum absolute atomic E-state index is 0.668. The highest BCUT2D eigenvalue weighted by atomic mass is 32.1. The van der Waals surface area contributed by atoms with Crippen molar-refractivity contribution in [2.75, 3.05) is 0 Å². The number of rotatable bonds is 1. The maximum Gasteiger partial charge on any atom is 0.216 e. The summed E-state index contributed by atoms with van der Waals surface area (Å²) in [6, 6.07) is 5.71. The lowest BCUT2D eigenvalue weighted by atomic mass is 10.2. The highest BCUT2D eigenvalue weighted by Crippen LogP contribution is 2.43. The van der Waals surface area contributed by atoms with Crippen LogP contribution in [0.15, 0.2) is 30.6 Å². The summed E-state index contributed by atoms with van der Waals surface area (Å²) in [6.45, 7) is 7.33. The monoisotopic (exact) mass is 240 g/mol. The Labute approximate surface area is 102 Å². The fourth-order valence-electron chi connectivity index (χ4n) is 1.80. The van der Waals surface area contributed by atoms with E-state index in [0.717, 1.165) is 20.8 Å². The molecule has 0 aliphatic carbocycles. The highest BCUT2D eigenvalue weighted by molar-refractivity contribution is 7.22. The van der Waals surface area contributed by atoms with Gasteiger partial charge in [0.1, 0.15) is 4.83 Å². The van der Waals surface area contributed by atoms with E-state index in [2.05, 4.69) is 14.9 Å². The van der Waals surface area contributed by atoms with Crippen LogP contribution in [0, 0.1) is 6.57 Å². The number of fused-ring (bicyclic) bond motifs is 1. The molecule has 17 heavy (non-hydrogen) atoms. The second kappa shape index (κ2) is 3.68. The molecule has 4 nitrogen and oxygen atoms in total. The molecule has 82 valence electrons. The Balaban J connectivity index is 2.38. The molecule has 0 fully saturated rings. The maximum atomic E-state index is 7.33. The van der Waals surface area contributed by atoms with Crippen molar-refractivity contribution < 1.29 is 0 Å². The predicted molar refractivity (Wildman–Crippen MR) is 68.1 cm³/mol. The van der Waals surface area contributed by atoms with E-state index in [1.165, 1.54) is 11.3 Å². The van der Waals surface area contributed by atoms with E-state index in [1.54, 1.807) is 17.1 Å². The first-order valence-corrected chi connectivity index (χ1v) is 5.86. The van der Waals surface area contributed by atoms with Crippen LogP contribution in [0.2, 0.25) is 0 Å². The van der Waals surface area contributed by atoms with E-state index in [9.17, 15) is 0 Å². The molecule has 3 aromatic rings. The topological polar surface area (TPSA) is 35.1 Å². The van der Waals surface area contributed by atoms with Gasteiger partial charge in [0.2, 0.25) is 5.69 Å². The summed E-state index contributed by atoms with van der Waals surface area (Å²) in [5.74, 6) is 0. The summed E-state index contributed by atoms with van der Waals surface area (Å²) in [7, 11) is 1.88. The van der Waals surface area contributed by atoms with Crippen LogP contribution in [0.4, 0.5) is 5.69 Å². The van der Waals surface area contributed by atoms with Gasteiger partial charge < -0.3 is 0 Å². The molecule has 0 aliphatic heterocycles. The Morgan fingerprint density at radius 1 is 1.35 bits per heavy atom. The van der Waals surface area contributed by atoms with E-state index in [1.807, 2.05) is 25.2 Å². The normalized spacial score (nSPS) is 10.6. The summed E-state index contributed by atoms with van der Waals surface area (Å²) in [5.41, 5.74) is 1.63. The van der Waals surface area contributed by atoms with Crippen molar-refractivity contribution >= 4 is 27.2 Å². The molecule has 0 spiro atoms. The number of aryl methyl sites for hydroxylation is 1. The molecule has 0 radical (unpaired) electrons. The minimum Gasteiger partial charge on any atom is -0.268 e. The molecule has 3 rings (SSSR count). The van der Waals surface area contributed by atoms with Crippen LogP contribution in [0.25, 0.3) is 25.6 Å². The van der Waals surface area contributed by atoms with Crippen molar-refractivity contribution in [3.05, 3.63) is 42.0 Å². The SMILES string of the molecule is [C-]#[N+]c1c(-c2ccnn2C)sc2ncccc12. The first kappa shape index (κ1) is 10.00. The quantitative estimate of drug-likeness (QED) is 0.612. The van der Waals surface area contributed by atoms with Crippen molar-refractivity contribution in [2.45, 2.75) is 0 Å². The zero-order valence-corrected chi connectivity index (χ0v) is 9.90. The van der Waals surface area contributed by atoms with Crippen LogP contribution in [-0.4, -0.2) is 14.8 Å². The average Bonchev–Trinajstić information content (AvgIpc) is 2.91. The number of thiophene rings is 1. The number of hydrogen-bond acceptors (Lipinski definition) is 3. The molecule has 5 heteroatoms. The molecule has 0 N–H and O–H groups in total. The van der Waals surface area contributed by atoms with E-state index in [-0.39, 0.29) is 0 Å². The number of pyridine rings is 1. The Kier molecular flexibility index (Phi) is 2.16. The summed E-state index contributed by atoms with van der Waals surface area (Å²) in [6.07, 6.45) is 3.49. The van der Waals surface area contributed by atoms with Gasteiger partial charge in [0.25, 0.3) is 0 Å². The zero-order chi connectivity index (χ0) is 11.8. The first-order chi connectivity index (χ1) is 8.31. The third kappa shape index (κ3) is 1.42. The molecular formula is C12H8N4S. The van der Waals surface area contributed by atoms with Crippen LogP contribution in [0.5, 0.6) is 0 Å². The van der Waals surface area contributed by atoms with Crippen molar-refractivity contribution in [3.8, 4) is 10.6 Å². The molecule has 0 aromatic carbocycles. The van der Waals surface area contributed by atoms with Gasteiger partial charge in [0.15, 0.2) is 0 Å². The van der Waals surface area contributed by atoms with Crippen molar-refractivity contribution in [1.29, 1.82) is 0 Å². The van der Waals surface area contributed by atoms with Crippen molar-refractivity contribution in [2.24, 2.45) is 7.05 Å². The summed E-state index contributed by atoms with van der Waals surface area (Å²) >= 11 is 1.53. The average molecular weight is 240 g/mol. The Bertz CT molecular complexity index is 732. The first-order valence-electron chi connectivity index (χ1n) is 5.04. The molecule has 0 bridgehead atoms. The van der Waals surface area contributed by atoms with Crippen LogP contribution < -0.4 is 0 Å². The fourth-order valence-corrected chi connectivity index (χ4v) is 2.94. The lowest BCUT2D eigenvalue weighted by molar-refractivity contribution is 0.777. The standard InChI is InChI=1S/C12H8N4S/c1-13-10-8-4-3-6-14-12(8)17-11(10)9-5-7-15-16(9)2/h3-7H,2H3. The van der Waals surface area contributed by atoms with Gasteiger partial charge in [-0.15, -0.1) is 11.3 Å². The van der Waals surface area contributed by atoms with Gasteiger partial charge in [-0.2, -0.15) is 5.10 Å². The molecule has 0 aliphatic rings. The zero-order valence-electron chi connectivity index (χ0n) is 9.08. The van der Waals surface area contributed by atoms with Crippen LogP contribution in [-0.2, 0) is 7.05 Å². The van der Waals surface area contributed by atoms with Gasteiger partial charge in [-0.25, -0.2) is 9.83 Å². The lowest BCUT2D eigenvalue weighted by Crippen LogP contribution is -1.91. The summed E-state index contributed by atoms with van der Waals surface area (Å²) in [5, 5.41) is 5.06. The minimum atomic E-state index is 0.668. The van der Waals surface area contributed by atoms with Gasteiger partial charge in [-0.3, -0.25) is 4.68 Å². The third-order valence-corrected chi connectivity index (χ3v) is 3.73. The second-order valence-corrected chi connectivity index (χ2v) is 4.59. The van der Waals surface area contributed by atoms with Gasteiger partial charge in [0, 0.05) is 24.8 Å². The van der Waals surface area contributed by atoms with Crippen LogP contribution in [0.1, 0.15) is 0 Å². The number of aromatic nitrogens is 3. The summed E-state index contributed by atoms with van der Waals surface area (Å²) in [4.78, 5) is 9.77. The molecule has 3 aromatic heterocycles. The molecule has 0 unspecified atom stereocenters. The summed E-state index contributed by atoms with van der Waals surface area (Å²) < 4.78 is 1.78. The van der Waals surface area contributed by atoms with E-state index >= 15 is 0 Å². The van der Waals surface area contributed by atoms with Gasteiger partial charge in [-0.05, 0) is 12.1 Å². The van der Waals surface area contributed by atoms with E-state index in [0.29, 0.717) is 5.69 Å². The molecule has 3 heterocycles. The van der Waals surface area contributed by atoms with Crippen molar-refractivity contribution in [1.82, 2.24) is 14.8 Å². The van der Waals surface area contributed by atoms with Crippen LogP contribution in [0.3, 0.4) is 0 Å². The van der Waals surface area contributed by atoms with Gasteiger partial charge in [0.05, 0.1) is 17.1 Å². The third-order valence-electron chi connectivity index (χ3n) is 2.61. The number of hydrogen-bond donors (Lipinski definition) is 0. The van der Waals surface area contributed by atoms with E-state index in [4.69, 9.17) is 6.57 Å². The Morgan fingerprint density at radius 2 is 2.24 bits per heavy atom. The molecule has 0 atom stereocenters. The molecule has 0 amide bonds. The smallest absolute Gasteiger partial charge is 0.216 e. The van der Waals surface area contributed by atoms with E-state index < -0.39 is 0 Å². The maximum absolute atomic E-state index is 7.33. The van der Waals surface area contributed by atoms with Gasteiger partial charge >= 0.3 is 0 Å². The van der Waals surface area contributed by atoms with Crippen LogP contribution >= 0.6 is 11.3 Å². The molecular weight excluding hydrogens is 232 g/mol. The highest BCUT2D eigenvalue weighted by Gasteiger charge is 2.16. The molecule has 0 saturated carbocycles.